The second-order valence-corrected chi connectivity index (χ2v) is 7.27. The van der Waals surface area contributed by atoms with Crippen LogP contribution >= 0.6 is 11.6 Å². The number of benzene rings is 2. The van der Waals surface area contributed by atoms with Crippen LogP contribution in [-0.4, -0.2) is 14.1 Å². The first kappa shape index (κ1) is 19.1. The van der Waals surface area contributed by atoms with E-state index in [4.69, 9.17) is 11.6 Å². The van der Waals surface area contributed by atoms with Crippen LogP contribution in [0, 0.1) is 19.7 Å². The molecule has 2 aromatic heterocycles. The van der Waals surface area contributed by atoms with E-state index >= 15 is 0 Å². The molecule has 0 unspecified atom stereocenters. The van der Waals surface area contributed by atoms with Crippen LogP contribution in [0.1, 0.15) is 16.8 Å². The minimum absolute atomic E-state index is 0.0765. The Morgan fingerprint density at radius 3 is 2.45 bits per heavy atom. The van der Waals surface area contributed by atoms with Gasteiger partial charge in [-0.25, -0.2) is 18.7 Å². The van der Waals surface area contributed by atoms with Gasteiger partial charge in [0.25, 0.3) is 5.56 Å². The number of nitrogens with zero attached hydrogens (tertiary/aromatic N) is 3. The summed E-state index contributed by atoms with van der Waals surface area (Å²) in [5.74, 6) is -0.484. The van der Waals surface area contributed by atoms with Crippen molar-refractivity contribution >= 4 is 22.6 Å². The number of hydrogen-bond donors (Lipinski definition) is 0. The first-order valence-corrected chi connectivity index (χ1v) is 9.38. The molecule has 5 nitrogen and oxygen atoms in total. The Labute approximate surface area is 170 Å². The molecular formula is C22H17ClFN3O2. The van der Waals surface area contributed by atoms with Gasteiger partial charge in [0, 0.05) is 10.7 Å². The molecular weight excluding hydrogens is 393 g/mol. The van der Waals surface area contributed by atoms with E-state index in [1.54, 1.807) is 18.2 Å². The second-order valence-electron chi connectivity index (χ2n) is 6.86. The van der Waals surface area contributed by atoms with Crippen molar-refractivity contribution in [2.45, 2.75) is 20.4 Å². The van der Waals surface area contributed by atoms with Crippen molar-refractivity contribution in [2.24, 2.45) is 0 Å². The van der Waals surface area contributed by atoms with Crippen molar-refractivity contribution in [3.05, 3.63) is 103 Å². The van der Waals surface area contributed by atoms with Gasteiger partial charge in [0.05, 0.1) is 17.6 Å². The summed E-state index contributed by atoms with van der Waals surface area (Å²) in [5.41, 5.74) is 1.82. The lowest BCUT2D eigenvalue weighted by molar-refractivity contribution is 0.624. The minimum Gasteiger partial charge on any atom is -0.268 e. The molecule has 0 aliphatic rings. The Morgan fingerprint density at radius 1 is 1.03 bits per heavy atom. The number of aryl methyl sites for hydroxylation is 2. The Balaban J connectivity index is 2.08. The number of rotatable bonds is 3. The molecule has 0 amide bonds. The largest absolute Gasteiger partial charge is 0.337 e. The van der Waals surface area contributed by atoms with Crippen LogP contribution in [0.25, 0.3) is 16.7 Å². The molecule has 0 atom stereocenters. The van der Waals surface area contributed by atoms with E-state index in [0.717, 1.165) is 16.2 Å². The third-order valence-electron chi connectivity index (χ3n) is 4.78. The van der Waals surface area contributed by atoms with Crippen LogP contribution in [-0.2, 0) is 6.54 Å². The number of pyridine rings is 1. The molecule has 7 heteroatoms. The van der Waals surface area contributed by atoms with Gasteiger partial charge < -0.3 is 0 Å². The molecule has 4 rings (SSSR count). The van der Waals surface area contributed by atoms with E-state index in [0.29, 0.717) is 28.0 Å². The van der Waals surface area contributed by atoms with Crippen molar-refractivity contribution in [1.82, 2.24) is 14.1 Å². The topological polar surface area (TPSA) is 56.9 Å². The molecule has 4 aromatic rings. The van der Waals surface area contributed by atoms with E-state index in [2.05, 4.69) is 4.98 Å². The average Bonchev–Trinajstić information content (AvgIpc) is 2.67. The summed E-state index contributed by atoms with van der Waals surface area (Å²) < 4.78 is 15.9. The van der Waals surface area contributed by atoms with Crippen LogP contribution in [0.4, 0.5) is 4.39 Å². The maximum absolute atomic E-state index is 13.4. The smallest absolute Gasteiger partial charge is 0.268 e. The molecule has 0 radical (unpaired) electrons. The Morgan fingerprint density at radius 2 is 1.76 bits per heavy atom. The van der Waals surface area contributed by atoms with Crippen molar-refractivity contribution in [2.75, 3.05) is 0 Å². The fraction of sp³-hybridized carbons (Fsp3) is 0.136. The van der Waals surface area contributed by atoms with E-state index < -0.39 is 17.1 Å². The van der Waals surface area contributed by atoms with Gasteiger partial charge in [-0.3, -0.25) is 9.36 Å². The van der Waals surface area contributed by atoms with Crippen LogP contribution in [0.2, 0.25) is 5.02 Å². The average molecular weight is 410 g/mol. The van der Waals surface area contributed by atoms with Crippen molar-refractivity contribution in [3.63, 3.8) is 0 Å². The summed E-state index contributed by atoms with van der Waals surface area (Å²) in [6, 6.07) is 14.7. The second kappa shape index (κ2) is 7.29. The lowest BCUT2D eigenvalue weighted by Crippen LogP contribution is -2.40. The highest BCUT2D eigenvalue weighted by atomic mass is 35.5. The molecule has 0 bridgehead atoms. The van der Waals surface area contributed by atoms with Crippen LogP contribution < -0.4 is 11.2 Å². The Kier molecular flexibility index (Phi) is 4.80. The summed E-state index contributed by atoms with van der Waals surface area (Å²) in [5, 5.41) is 0.513. The molecule has 2 aromatic carbocycles. The van der Waals surface area contributed by atoms with Crippen molar-refractivity contribution < 1.29 is 4.39 Å². The molecule has 0 aliphatic carbocycles. The lowest BCUT2D eigenvalue weighted by Gasteiger charge is -2.15. The summed E-state index contributed by atoms with van der Waals surface area (Å²) in [7, 11) is 0. The number of halogens is 2. The van der Waals surface area contributed by atoms with Gasteiger partial charge in [0.1, 0.15) is 5.82 Å². The van der Waals surface area contributed by atoms with Crippen LogP contribution in [0.5, 0.6) is 0 Å². The number of fused-ring (bicyclic) bond motifs is 1. The Bertz CT molecular complexity index is 1360. The fourth-order valence-electron chi connectivity index (χ4n) is 3.45. The lowest BCUT2D eigenvalue weighted by atomic mass is 10.1. The minimum atomic E-state index is -0.536. The SMILES string of the molecule is Cc1cc(C)c2c(=O)n(Cc3ccc(F)cc3Cl)c(=O)n(-c3ccccc3)c2n1. The molecule has 146 valence electrons. The third kappa shape index (κ3) is 3.36. The van der Waals surface area contributed by atoms with Gasteiger partial charge in [-0.1, -0.05) is 35.9 Å². The van der Waals surface area contributed by atoms with Gasteiger partial charge in [-0.15, -0.1) is 0 Å². The monoisotopic (exact) mass is 409 g/mol. The standard InChI is InChI=1S/C22H17ClFN3O2/c1-13-10-14(2)25-20-19(13)21(28)26(12-15-8-9-16(24)11-18(15)23)22(29)27(20)17-6-4-3-5-7-17/h3-11H,12H2,1-2H3. The van der Waals surface area contributed by atoms with E-state index in [-0.39, 0.29) is 11.6 Å². The highest BCUT2D eigenvalue weighted by Gasteiger charge is 2.18. The summed E-state index contributed by atoms with van der Waals surface area (Å²) in [6.45, 7) is 3.55. The number of para-hydroxylation sites is 1. The predicted molar refractivity (Wildman–Crippen MR) is 112 cm³/mol. The highest BCUT2D eigenvalue weighted by Crippen LogP contribution is 2.19. The van der Waals surface area contributed by atoms with E-state index in [1.807, 2.05) is 32.0 Å². The molecule has 0 saturated heterocycles. The summed E-state index contributed by atoms with van der Waals surface area (Å²) in [6.07, 6.45) is 0. The molecule has 29 heavy (non-hydrogen) atoms. The first-order valence-electron chi connectivity index (χ1n) is 9.00. The summed E-state index contributed by atoms with van der Waals surface area (Å²) >= 11 is 6.13. The van der Waals surface area contributed by atoms with Crippen molar-refractivity contribution in [1.29, 1.82) is 0 Å². The van der Waals surface area contributed by atoms with Gasteiger partial charge in [-0.05, 0) is 55.3 Å². The molecule has 2 heterocycles. The first-order chi connectivity index (χ1) is 13.9. The maximum atomic E-state index is 13.4. The normalized spacial score (nSPS) is 11.2. The van der Waals surface area contributed by atoms with Crippen LogP contribution in [0.15, 0.2) is 64.2 Å². The quantitative estimate of drug-likeness (QED) is 0.514. The third-order valence-corrected chi connectivity index (χ3v) is 5.13. The molecule has 0 saturated carbocycles. The fourth-order valence-corrected chi connectivity index (χ4v) is 3.67. The molecule has 0 spiro atoms. The van der Waals surface area contributed by atoms with Gasteiger partial charge in [0.15, 0.2) is 5.65 Å². The number of aromatic nitrogens is 3. The molecule has 0 N–H and O–H groups in total. The zero-order chi connectivity index (χ0) is 20.7. The molecule has 0 fully saturated rings. The zero-order valence-electron chi connectivity index (χ0n) is 15.8. The molecule has 0 aliphatic heterocycles. The van der Waals surface area contributed by atoms with Gasteiger partial charge >= 0.3 is 5.69 Å². The van der Waals surface area contributed by atoms with Gasteiger partial charge in [0.2, 0.25) is 0 Å². The van der Waals surface area contributed by atoms with Gasteiger partial charge in [-0.2, -0.15) is 0 Å². The Hall–Kier alpha value is -3.25. The zero-order valence-corrected chi connectivity index (χ0v) is 16.6. The number of hydrogen-bond acceptors (Lipinski definition) is 3. The van der Waals surface area contributed by atoms with Crippen LogP contribution in [0.3, 0.4) is 0 Å². The van der Waals surface area contributed by atoms with E-state index in [9.17, 15) is 14.0 Å². The predicted octanol–water partition coefficient (Wildman–Crippen LogP) is 4.01. The maximum Gasteiger partial charge on any atom is 0.337 e. The highest BCUT2D eigenvalue weighted by molar-refractivity contribution is 6.31. The van der Waals surface area contributed by atoms with Crippen molar-refractivity contribution in [3.8, 4) is 5.69 Å². The van der Waals surface area contributed by atoms with E-state index in [1.165, 1.54) is 16.7 Å². The summed E-state index contributed by atoms with van der Waals surface area (Å²) in [4.78, 5) is 31.1.